The lowest BCUT2D eigenvalue weighted by atomic mass is 10.1. The molecule has 4 rings (SSSR count). The number of sulfonamides is 1. The van der Waals surface area contributed by atoms with Crippen LogP contribution in [-0.4, -0.2) is 36.3 Å². The van der Waals surface area contributed by atoms with E-state index in [1.54, 1.807) is 30.3 Å². The molecule has 0 spiro atoms. The molecule has 0 bridgehead atoms. The van der Waals surface area contributed by atoms with E-state index in [-0.39, 0.29) is 17.4 Å². The van der Waals surface area contributed by atoms with Gasteiger partial charge in [-0.1, -0.05) is 30.3 Å². The maximum atomic E-state index is 13.0. The highest BCUT2D eigenvalue weighted by Gasteiger charge is 2.38. The van der Waals surface area contributed by atoms with Crippen LogP contribution in [0.15, 0.2) is 63.9 Å². The van der Waals surface area contributed by atoms with Crippen molar-refractivity contribution in [2.24, 2.45) is 0 Å². The predicted octanol–water partition coefficient (Wildman–Crippen LogP) is 3.11. The lowest BCUT2D eigenvalue weighted by Gasteiger charge is -2.32. The van der Waals surface area contributed by atoms with E-state index in [2.05, 4.69) is 4.98 Å². The average molecular weight is 400 g/mol. The summed E-state index contributed by atoms with van der Waals surface area (Å²) in [5, 5.41) is 0. The van der Waals surface area contributed by atoms with Crippen molar-refractivity contribution < 1.29 is 22.4 Å². The zero-order chi connectivity index (χ0) is 19.6. The largest absolute Gasteiger partial charge is 0.454 e. The Labute approximate surface area is 163 Å². The number of nitrogens with zero attached hydrogens (tertiary/aromatic N) is 2. The third kappa shape index (κ3) is 3.65. The molecular weight excluding hydrogens is 380 g/mol. The van der Waals surface area contributed by atoms with E-state index < -0.39 is 22.0 Å². The van der Waals surface area contributed by atoms with E-state index in [0.717, 1.165) is 6.42 Å². The molecule has 2 aromatic carbocycles. The number of benzene rings is 2. The van der Waals surface area contributed by atoms with Crippen molar-refractivity contribution in [1.82, 2.24) is 9.29 Å². The van der Waals surface area contributed by atoms with Crippen LogP contribution in [0.1, 0.15) is 25.2 Å². The summed E-state index contributed by atoms with van der Waals surface area (Å²) in [5.41, 5.74) is 1.29. The minimum absolute atomic E-state index is 0.136. The average Bonchev–Trinajstić information content (AvgIpc) is 3.15. The summed E-state index contributed by atoms with van der Waals surface area (Å²) in [6.45, 7) is 0.156. The first-order chi connectivity index (χ1) is 13.6. The van der Waals surface area contributed by atoms with Gasteiger partial charge in [-0.2, -0.15) is 4.31 Å². The molecule has 1 fully saturated rings. The summed E-state index contributed by atoms with van der Waals surface area (Å²) in [5.74, 6) is -0.302. The standard InChI is InChI=1S/C20H20N2O5S/c23-20(26-14-19-21-16-10-4-5-12-18(16)27-19)17-11-6-7-13-22(17)28(24,25)15-8-2-1-3-9-15/h1-5,8-10,12,17H,6-7,11,13-14H2. The molecule has 8 heteroatoms. The van der Waals surface area contributed by atoms with Crippen molar-refractivity contribution in [3.8, 4) is 0 Å². The van der Waals surface area contributed by atoms with Crippen LogP contribution in [-0.2, 0) is 26.2 Å². The number of carbonyl (C=O) groups excluding carboxylic acids is 1. The van der Waals surface area contributed by atoms with Gasteiger partial charge in [0.15, 0.2) is 12.2 Å². The topological polar surface area (TPSA) is 89.7 Å². The fourth-order valence-electron chi connectivity index (χ4n) is 3.37. The summed E-state index contributed by atoms with van der Waals surface area (Å²) >= 11 is 0. The van der Waals surface area contributed by atoms with E-state index in [1.807, 2.05) is 12.1 Å². The molecule has 0 amide bonds. The van der Waals surface area contributed by atoms with Gasteiger partial charge in [-0.15, -0.1) is 0 Å². The molecule has 0 N–H and O–H groups in total. The Bertz CT molecular complexity index is 1050. The Kier molecular flexibility index (Phi) is 5.15. The highest BCUT2D eigenvalue weighted by atomic mass is 32.2. The highest BCUT2D eigenvalue weighted by Crippen LogP contribution is 2.26. The Morgan fingerprint density at radius 2 is 1.86 bits per heavy atom. The molecule has 28 heavy (non-hydrogen) atoms. The number of piperidine rings is 1. The van der Waals surface area contributed by atoms with Crippen LogP contribution in [0.5, 0.6) is 0 Å². The van der Waals surface area contributed by atoms with Gasteiger partial charge in [0.05, 0.1) is 4.90 Å². The third-order valence-corrected chi connectivity index (χ3v) is 6.67. The van der Waals surface area contributed by atoms with Crippen molar-refractivity contribution in [3.63, 3.8) is 0 Å². The first kappa shape index (κ1) is 18.6. The zero-order valence-electron chi connectivity index (χ0n) is 15.2. The van der Waals surface area contributed by atoms with Crippen LogP contribution in [0.25, 0.3) is 11.1 Å². The van der Waals surface area contributed by atoms with Crippen molar-refractivity contribution in [3.05, 3.63) is 60.5 Å². The van der Waals surface area contributed by atoms with Gasteiger partial charge in [-0.3, -0.25) is 4.79 Å². The van der Waals surface area contributed by atoms with Crippen LogP contribution in [0.4, 0.5) is 0 Å². The van der Waals surface area contributed by atoms with Gasteiger partial charge in [-0.05, 0) is 43.5 Å². The van der Waals surface area contributed by atoms with E-state index in [0.29, 0.717) is 30.5 Å². The summed E-state index contributed by atoms with van der Waals surface area (Å²) in [7, 11) is -3.77. The van der Waals surface area contributed by atoms with Gasteiger partial charge in [0, 0.05) is 6.54 Å². The summed E-state index contributed by atoms with van der Waals surface area (Å²) in [6, 6.07) is 14.6. The van der Waals surface area contributed by atoms with E-state index in [1.165, 1.54) is 16.4 Å². The molecule has 3 aromatic rings. The van der Waals surface area contributed by atoms with Gasteiger partial charge in [-0.25, -0.2) is 13.4 Å². The number of aromatic nitrogens is 1. The molecule has 1 aliphatic rings. The lowest BCUT2D eigenvalue weighted by molar-refractivity contribution is -0.151. The fourth-order valence-corrected chi connectivity index (χ4v) is 5.03. The van der Waals surface area contributed by atoms with Crippen LogP contribution < -0.4 is 0 Å². The highest BCUT2D eigenvalue weighted by molar-refractivity contribution is 7.89. The van der Waals surface area contributed by atoms with Gasteiger partial charge in [0.1, 0.15) is 11.6 Å². The van der Waals surface area contributed by atoms with E-state index in [9.17, 15) is 13.2 Å². The Morgan fingerprint density at radius 3 is 2.64 bits per heavy atom. The van der Waals surface area contributed by atoms with E-state index in [4.69, 9.17) is 9.15 Å². The van der Waals surface area contributed by atoms with Gasteiger partial charge in [0.25, 0.3) is 0 Å². The quantitative estimate of drug-likeness (QED) is 0.612. The van der Waals surface area contributed by atoms with Gasteiger partial charge < -0.3 is 9.15 Å². The first-order valence-corrected chi connectivity index (χ1v) is 10.6. The number of esters is 1. The number of hydrogen-bond donors (Lipinski definition) is 0. The second kappa shape index (κ2) is 7.73. The normalized spacial score (nSPS) is 18.2. The lowest BCUT2D eigenvalue weighted by Crippen LogP contribution is -2.48. The maximum Gasteiger partial charge on any atom is 0.324 e. The molecule has 1 saturated heterocycles. The number of hydrogen-bond acceptors (Lipinski definition) is 6. The molecule has 146 valence electrons. The van der Waals surface area contributed by atoms with Crippen LogP contribution >= 0.6 is 0 Å². The number of ether oxygens (including phenoxy) is 1. The van der Waals surface area contributed by atoms with Gasteiger partial charge in [0.2, 0.25) is 15.9 Å². The second-order valence-electron chi connectivity index (χ2n) is 6.62. The number of rotatable bonds is 5. The van der Waals surface area contributed by atoms with Crippen LogP contribution in [0.3, 0.4) is 0 Å². The van der Waals surface area contributed by atoms with E-state index >= 15 is 0 Å². The second-order valence-corrected chi connectivity index (χ2v) is 8.51. The molecule has 1 aliphatic heterocycles. The molecule has 0 radical (unpaired) electrons. The minimum atomic E-state index is -3.77. The molecule has 7 nitrogen and oxygen atoms in total. The van der Waals surface area contributed by atoms with Crippen LogP contribution in [0, 0.1) is 0 Å². The smallest absolute Gasteiger partial charge is 0.324 e. The third-order valence-electron chi connectivity index (χ3n) is 4.75. The Hall–Kier alpha value is -2.71. The number of fused-ring (bicyclic) bond motifs is 1. The molecule has 0 saturated carbocycles. The first-order valence-electron chi connectivity index (χ1n) is 9.14. The molecule has 1 atom stereocenters. The maximum absolute atomic E-state index is 13.0. The molecule has 1 aromatic heterocycles. The van der Waals surface area contributed by atoms with Crippen LogP contribution in [0.2, 0.25) is 0 Å². The fraction of sp³-hybridized carbons (Fsp3) is 0.300. The number of carbonyl (C=O) groups is 1. The number of para-hydroxylation sites is 2. The van der Waals surface area contributed by atoms with Crippen molar-refractivity contribution in [2.75, 3.05) is 6.54 Å². The molecular formula is C20H20N2O5S. The zero-order valence-corrected chi connectivity index (χ0v) is 16.0. The summed E-state index contributed by atoms with van der Waals surface area (Å²) in [4.78, 5) is 17.1. The SMILES string of the molecule is O=C(OCc1nc2ccccc2o1)C1CCCCN1S(=O)(=O)c1ccccc1. The minimum Gasteiger partial charge on any atom is -0.454 e. The molecule has 2 heterocycles. The predicted molar refractivity (Wildman–Crippen MR) is 102 cm³/mol. The number of oxazole rings is 1. The Morgan fingerprint density at radius 1 is 1.11 bits per heavy atom. The molecule has 1 unspecified atom stereocenters. The molecule has 0 aliphatic carbocycles. The monoisotopic (exact) mass is 400 g/mol. The summed E-state index contributed by atoms with van der Waals surface area (Å²) in [6.07, 6.45) is 1.91. The summed E-state index contributed by atoms with van der Waals surface area (Å²) < 4.78 is 38.1. The van der Waals surface area contributed by atoms with Crippen molar-refractivity contribution >= 4 is 27.1 Å². The van der Waals surface area contributed by atoms with Crippen molar-refractivity contribution in [1.29, 1.82) is 0 Å². The van der Waals surface area contributed by atoms with Gasteiger partial charge >= 0.3 is 5.97 Å². The Balaban J connectivity index is 1.50. The van der Waals surface area contributed by atoms with Crippen molar-refractivity contribution in [2.45, 2.75) is 36.8 Å².